The van der Waals surface area contributed by atoms with E-state index >= 15 is 0 Å². The number of aromatic amines is 1. The number of nitrogens with zero attached hydrogens (tertiary/aromatic N) is 1. The first-order chi connectivity index (χ1) is 8.02. The van der Waals surface area contributed by atoms with Gasteiger partial charge < -0.3 is 20.4 Å². The maximum atomic E-state index is 11.8. The minimum Gasteiger partial charge on any atom is -0.496 e. The van der Waals surface area contributed by atoms with Crippen LogP contribution >= 0.6 is 0 Å². The average Bonchev–Trinajstić information content (AvgIpc) is 2.69. The van der Waals surface area contributed by atoms with Gasteiger partial charge in [-0.05, 0) is 12.1 Å². The van der Waals surface area contributed by atoms with Crippen LogP contribution in [0.2, 0.25) is 0 Å². The molecule has 5 nitrogen and oxygen atoms in total. The Balaban J connectivity index is 2.61. The fourth-order valence-corrected chi connectivity index (χ4v) is 1.75. The molecule has 2 rings (SSSR count). The largest absolute Gasteiger partial charge is 0.496 e. The minimum atomic E-state index is -0.0816. The molecular formula is C12H15N3O2. The van der Waals surface area contributed by atoms with E-state index in [1.165, 1.54) is 4.90 Å². The summed E-state index contributed by atoms with van der Waals surface area (Å²) in [5, 5.41) is 0.854. The van der Waals surface area contributed by atoms with Crippen molar-refractivity contribution in [1.29, 1.82) is 0 Å². The van der Waals surface area contributed by atoms with Crippen LogP contribution in [0.5, 0.6) is 5.75 Å². The van der Waals surface area contributed by atoms with Crippen molar-refractivity contribution in [2.24, 2.45) is 0 Å². The van der Waals surface area contributed by atoms with Crippen LogP contribution in [0.1, 0.15) is 10.5 Å². The highest BCUT2D eigenvalue weighted by Crippen LogP contribution is 2.29. The lowest BCUT2D eigenvalue weighted by Crippen LogP contribution is -2.21. The van der Waals surface area contributed by atoms with Crippen molar-refractivity contribution in [3.8, 4) is 5.75 Å². The van der Waals surface area contributed by atoms with E-state index in [1.807, 2.05) is 0 Å². The molecule has 0 bridgehead atoms. The smallest absolute Gasteiger partial charge is 0.269 e. The molecule has 2 aromatic rings. The summed E-state index contributed by atoms with van der Waals surface area (Å²) < 4.78 is 5.24. The van der Waals surface area contributed by atoms with E-state index < -0.39 is 0 Å². The third kappa shape index (κ3) is 1.91. The molecular weight excluding hydrogens is 218 g/mol. The van der Waals surface area contributed by atoms with Crippen LogP contribution in [0.3, 0.4) is 0 Å². The molecule has 0 aliphatic carbocycles. The molecule has 5 heteroatoms. The van der Waals surface area contributed by atoms with Crippen LogP contribution in [0.4, 0.5) is 5.69 Å². The predicted molar refractivity (Wildman–Crippen MR) is 67.3 cm³/mol. The minimum absolute atomic E-state index is 0.0816. The average molecular weight is 233 g/mol. The van der Waals surface area contributed by atoms with E-state index in [0.29, 0.717) is 17.1 Å². The molecule has 0 radical (unpaired) electrons. The van der Waals surface area contributed by atoms with Gasteiger partial charge in [-0.1, -0.05) is 0 Å². The first kappa shape index (κ1) is 11.3. The van der Waals surface area contributed by atoms with Crippen LogP contribution in [-0.2, 0) is 0 Å². The summed E-state index contributed by atoms with van der Waals surface area (Å²) in [6.07, 6.45) is 0. The number of ether oxygens (including phenoxy) is 1. The fourth-order valence-electron chi connectivity index (χ4n) is 1.75. The van der Waals surface area contributed by atoms with E-state index in [0.717, 1.165) is 10.9 Å². The van der Waals surface area contributed by atoms with Gasteiger partial charge in [0, 0.05) is 31.2 Å². The van der Waals surface area contributed by atoms with Crippen molar-refractivity contribution in [2.45, 2.75) is 0 Å². The first-order valence-electron chi connectivity index (χ1n) is 5.21. The number of nitrogens with two attached hydrogens (primary N) is 1. The second-order valence-electron chi connectivity index (χ2n) is 4.07. The lowest BCUT2D eigenvalue weighted by Gasteiger charge is -2.07. The number of hydrogen-bond acceptors (Lipinski definition) is 3. The number of fused-ring (bicyclic) bond motifs is 1. The van der Waals surface area contributed by atoms with Crippen LogP contribution < -0.4 is 10.5 Å². The van der Waals surface area contributed by atoms with E-state index in [9.17, 15) is 4.79 Å². The Bertz CT molecular complexity index is 572. The molecule has 1 aromatic heterocycles. The van der Waals surface area contributed by atoms with Crippen LogP contribution in [0.25, 0.3) is 10.9 Å². The number of carbonyl (C=O) groups is 1. The Labute approximate surface area is 99.2 Å². The molecule has 1 aromatic carbocycles. The summed E-state index contributed by atoms with van der Waals surface area (Å²) in [7, 11) is 4.99. The molecule has 1 amide bonds. The molecule has 90 valence electrons. The molecule has 1 heterocycles. The number of H-pyrrole nitrogens is 1. The summed E-state index contributed by atoms with van der Waals surface area (Å²) in [5.41, 5.74) is 7.67. The maximum absolute atomic E-state index is 11.8. The van der Waals surface area contributed by atoms with Crippen molar-refractivity contribution in [3.05, 3.63) is 23.9 Å². The zero-order valence-electron chi connectivity index (χ0n) is 10.1. The summed E-state index contributed by atoms with van der Waals surface area (Å²) >= 11 is 0. The zero-order chi connectivity index (χ0) is 12.6. The van der Waals surface area contributed by atoms with Crippen LogP contribution in [0.15, 0.2) is 18.2 Å². The number of amides is 1. The number of nitrogens with one attached hydrogen (secondary N) is 1. The number of carbonyl (C=O) groups excluding carboxylic acids is 1. The first-order valence-corrected chi connectivity index (χ1v) is 5.21. The number of rotatable bonds is 2. The highest BCUT2D eigenvalue weighted by Gasteiger charge is 2.14. The number of nitrogen functional groups attached to an aromatic ring is 1. The molecule has 0 spiro atoms. The SMILES string of the molecule is COc1cc(N)cc2[nH]c(C(=O)N(C)C)cc12. The fraction of sp³-hybridized carbons (Fsp3) is 0.250. The van der Waals surface area contributed by atoms with Gasteiger partial charge in [0.2, 0.25) is 0 Å². The van der Waals surface area contributed by atoms with E-state index in [4.69, 9.17) is 10.5 Å². The highest BCUT2D eigenvalue weighted by molar-refractivity contribution is 6.00. The molecule has 0 saturated carbocycles. The Morgan fingerprint density at radius 1 is 1.35 bits per heavy atom. The zero-order valence-corrected chi connectivity index (χ0v) is 10.1. The molecule has 0 aliphatic rings. The van der Waals surface area contributed by atoms with Crippen molar-refractivity contribution in [3.63, 3.8) is 0 Å². The molecule has 3 N–H and O–H groups in total. The maximum Gasteiger partial charge on any atom is 0.269 e. The van der Waals surface area contributed by atoms with Gasteiger partial charge in [-0.15, -0.1) is 0 Å². The number of aromatic nitrogens is 1. The number of anilines is 1. The molecule has 17 heavy (non-hydrogen) atoms. The van der Waals surface area contributed by atoms with Crippen molar-refractivity contribution >= 4 is 22.5 Å². The Morgan fingerprint density at radius 2 is 2.06 bits per heavy atom. The molecule has 0 fully saturated rings. The number of benzene rings is 1. The second kappa shape index (κ2) is 4.01. The van der Waals surface area contributed by atoms with Gasteiger partial charge in [-0.3, -0.25) is 4.79 Å². The monoisotopic (exact) mass is 233 g/mol. The van der Waals surface area contributed by atoms with Crippen LogP contribution in [0, 0.1) is 0 Å². The Kier molecular flexibility index (Phi) is 2.67. The topological polar surface area (TPSA) is 71.3 Å². The third-order valence-electron chi connectivity index (χ3n) is 2.58. The van der Waals surface area contributed by atoms with E-state index in [1.54, 1.807) is 39.4 Å². The Hall–Kier alpha value is -2.17. The van der Waals surface area contributed by atoms with Gasteiger partial charge in [-0.25, -0.2) is 0 Å². The summed E-state index contributed by atoms with van der Waals surface area (Å²) in [6.45, 7) is 0. The molecule has 0 atom stereocenters. The second-order valence-corrected chi connectivity index (χ2v) is 4.07. The van der Waals surface area contributed by atoms with Gasteiger partial charge >= 0.3 is 0 Å². The molecule has 0 unspecified atom stereocenters. The van der Waals surface area contributed by atoms with Gasteiger partial charge in [0.05, 0.1) is 12.6 Å². The standard InChI is InChI=1S/C12H15N3O2/c1-15(2)12(16)10-6-8-9(14-10)4-7(13)5-11(8)17-3/h4-6,14H,13H2,1-3H3. The van der Waals surface area contributed by atoms with E-state index in [2.05, 4.69) is 4.98 Å². The third-order valence-corrected chi connectivity index (χ3v) is 2.58. The normalized spacial score (nSPS) is 10.5. The Morgan fingerprint density at radius 3 is 2.65 bits per heavy atom. The highest BCUT2D eigenvalue weighted by atomic mass is 16.5. The van der Waals surface area contributed by atoms with Crippen LogP contribution in [-0.4, -0.2) is 37.0 Å². The quantitative estimate of drug-likeness (QED) is 0.771. The number of hydrogen-bond donors (Lipinski definition) is 2. The van der Waals surface area contributed by atoms with E-state index in [-0.39, 0.29) is 5.91 Å². The molecule has 0 saturated heterocycles. The lowest BCUT2D eigenvalue weighted by atomic mass is 10.2. The molecule has 0 aliphatic heterocycles. The van der Waals surface area contributed by atoms with Crippen molar-refractivity contribution in [1.82, 2.24) is 9.88 Å². The van der Waals surface area contributed by atoms with Gasteiger partial charge in [0.25, 0.3) is 5.91 Å². The van der Waals surface area contributed by atoms with Gasteiger partial charge in [0.15, 0.2) is 0 Å². The summed E-state index contributed by atoms with van der Waals surface area (Å²) in [5.74, 6) is 0.580. The van der Waals surface area contributed by atoms with Gasteiger partial charge in [0.1, 0.15) is 11.4 Å². The van der Waals surface area contributed by atoms with Crippen molar-refractivity contribution in [2.75, 3.05) is 26.9 Å². The predicted octanol–water partition coefficient (Wildman–Crippen LogP) is 1.46. The lowest BCUT2D eigenvalue weighted by molar-refractivity contribution is 0.0823. The number of methoxy groups -OCH3 is 1. The summed E-state index contributed by atoms with van der Waals surface area (Å²) in [4.78, 5) is 16.4. The summed E-state index contributed by atoms with van der Waals surface area (Å²) in [6, 6.07) is 5.29. The van der Waals surface area contributed by atoms with Gasteiger partial charge in [-0.2, -0.15) is 0 Å². The van der Waals surface area contributed by atoms with Crippen molar-refractivity contribution < 1.29 is 9.53 Å².